The van der Waals surface area contributed by atoms with Gasteiger partial charge in [-0.2, -0.15) is 0 Å². The molecule has 4 heterocycles. The van der Waals surface area contributed by atoms with Gasteiger partial charge in [0, 0.05) is 25.9 Å². The number of carbonyl (C=O) groups is 1. The van der Waals surface area contributed by atoms with Gasteiger partial charge in [0.05, 0.1) is 37.1 Å². The van der Waals surface area contributed by atoms with Crippen LogP contribution >= 0.6 is 0 Å². The lowest BCUT2D eigenvalue weighted by Crippen LogP contribution is -2.34. The number of esters is 1. The number of aliphatic hydroxyl groups is 1. The molecule has 0 aromatic rings. The SMILES string of the molecule is C=C1CC(C)C[C@@H]2CC=C[C@@H](CC#CC(=O)O[C@H]([C@H](/C=C/[C@@H]3CC(C)=CCO3)OC)C[C@@H]3O[C@H]3[C@@H](O)C1)O2. The molecule has 7 nitrogen and oxygen atoms in total. The van der Waals surface area contributed by atoms with Crippen LogP contribution in [-0.2, 0) is 28.5 Å². The van der Waals surface area contributed by atoms with Crippen molar-refractivity contribution in [1.29, 1.82) is 0 Å². The summed E-state index contributed by atoms with van der Waals surface area (Å²) in [7, 11) is 1.58. The third-order valence-electron chi connectivity index (χ3n) is 7.55. The van der Waals surface area contributed by atoms with Crippen molar-refractivity contribution >= 4 is 5.97 Å². The highest BCUT2D eigenvalue weighted by atomic mass is 16.6. The van der Waals surface area contributed by atoms with Gasteiger partial charge in [0.15, 0.2) is 0 Å². The van der Waals surface area contributed by atoms with E-state index in [1.165, 1.54) is 5.57 Å². The van der Waals surface area contributed by atoms with Crippen LogP contribution in [0.5, 0.6) is 0 Å². The van der Waals surface area contributed by atoms with E-state index in [9.17, 15) is 9.90 Å². The molecule has 0 aliphatic carbocycles. The van der Waals surface area contributed by atoms with Gasteiger partial charge in [-0.3, -0.25) is 0 Å². The summed E-state index contributed by atoms with van der Waals surface area (Å²) < 4.78 is 29.4. The molecule has 38 heavy (non-hydrogen) atoms. The van der Waals surface area contributed by atoms with Gasteiger partial charge in [-0.1, -0.05) is 60.9 Å². The number of fused-ring (bicyclic) bond motifs is 3. The second-order valence-corrected chi connectivity index (χ2v) is 11.1. The molecular weight excluding hydrogens is 484 g/mol. The van der Waals surface area contributed by atoms with Gasteiger partial charge in [-0.05, 0) is 44.9 Å². The average Bonchev–Trinajstić information content (AvgIpc) is 3.63. The number of ether oxygens (including phenoxy) is 5. The molecule has 0 spiro atoms. The van der Waals surface area contributed by atoms with Crippen LogP contribution in [0.25, 0.3) is 0 Å². The smallest absolute Gasteiger partial charge is 0.384 e. The second kappa shape index (κ2) is 13.7. The highest BCUT2D eigenvalue weighted by Gasteiger charge is 2.47. The van der Waals surface area contributed by atoms with Gasteiger partial charge in [-0.25, -0.2) is 4.79 Å². The van der Waals surface area contributed by atoms with Crippen LogP contribution in [0.4, 0.5) is 0 Å². The molecule has 0 saturated carbocycles. The van der Waals surface area contributed by atoms with E-state index in [1.807, 2.05) is 18.2 Å². The summed E-state index contributed by atoms with van der Waals surface area (Å²) in [5, 5.41) is 10.8. The molecule has 1 N–H and O–H groups in total. The number of cyclic esters (lactones) is 1. The summed E-state index contributed by atoms with van der Waals surface area (Å²) >= 11 is 0. The zero-order valence-corrected chi connectivity index (χ0v) is 22.8. The van der Waals surface area contributed by atoms with Gasteiger partial charge in [-0.15, -0.1) is 0 Å². The Morgan fingerprint density at radius 2 is 2.08 bits per heavy atom. The van der Waals surface area contributed by atoms with E-state index in [4.69, 9.17) is 23.7 Å². The number of epoxide rings is 1. The fourth-order valence-corrected chi connectivity index (χ4v) is 5.56. The van der Waals surface area contributed by atoms with Crippen LogP contribution in [0.3, 0.4) is 0 Å². The molecule has 208 valence electrons. The predicted molar refractivity (Wildman–Crippen MR) is 144 cm³/mol. The maximum atomic E-state index is 12.7. The summed E-state index contributed by atoms with van der Waals surface area (Å²) in [5.74, 6) is 5.33. The van der Waals surface area contributed by atoms with E-state index in [0.29, 0.717) is 31.8 Å². The van der Waals surface area contributed by atoms with E-state index < -0.39 is 24.3 Å². The third kappa shape index (κ3) is 8.65. The Hall–Kier alpha value is -2.21. The van der Waals surface area contributed by atoms with Crippen molar-refractivity contribution in [3.63, 3.8) is 0 Å². The largest absolute Gasteiger partial charge is 0.450 e. The van der Waals surface area contributed by atoms with E-state index in [2.05, 4.69) is 44.4 Å². The van der Waals surface area contributed by atoms with Crippen molar-refractivity contribution in [3.05, 3.63) is 48.1 Å². The van der Waals surface area contributed by atoms with Crippen molar-refractivity contribution in [2.24, 2.45) is 5.92 Å². The molecule has 4 aliphatic heterocycles. The number of hydrogen-bond acceptors (Lipinski definition) is 7. The second-order valence-electron chi connectivity index (χ2n) is 11.1. The van der Waals surface area contributed by atoms with Crippen molar-refractivity contribution in [2.75, 3.05) is 13.7 Å². The molecule has 4 rings (SSSR count). The normalized spacial score (nSPS) is 37.6. The van der Waals surface area contributed by atoms with E-state index in [1.54, 1.807) is 7.11 Å². The molecule has 1 unspecified atom stereocenters. The van der Waals surface area contributed by atoms with Crippen LogP contribution < -0.4 is 0 Å². The van der Waals surface area contributed by atoms with Gasteiger partial charge >= 0.3 is 5.97 Å². The molecule has 4 aliphatic rings. The van der Waals surface area contributed by atoms with Crippen LogP contribution in [0, 0.1) is 17.8 Å². The van der Waals surface area contributed by atoms with Crippen molar-refractivity contribution in [2.45, 2.75) is 108 Å². The Balaban J connectivity index is 1.48. The summed E-state index contributed by atoms with van der Waals surface area (Å²) in [6.07, 6.45) is 12.3. The van der Waals surface area contributed by atoms with Crippen LogP contribution in [0.15, 0.2) is 48.1 Å². The number of carbonyl (C=O) groups excluding carboxylic acids is 1. The lowest BCUT2D eigenvalue weighted by atomic mass is 9.91. The lowest BCUT2D eigenvalue weighted by Gasteiger charge is -2.27. The Kier molecular flexibility index (Phi) is 10.4. The number of rotatable bonds is 4. The Labute approximate surface area is 226 Å². The first kappa shape index (κ1) is 28.8. The molecule has 0 aromatic heterocycles. The minimum atomic E-state index is -0.657. The molecular formula is C31H42O7. The third-order valence-corrected chi connectivity index (χ3v) is 7.55. The fraction of sp³-hybridized carbons (Fsp3) is 0.645. The minimum absolute atomic E-state index is 0.0557. The topological polar surface area (TPSA) is 86.8 Å². The monoisotopic (exact) mass is 526 g/mol. The summed E-state index contributed by atoms with van der Waals surface area (Å²) in [6, 6.07) is 0. The first-order valence-electron chi connectivity index (χ1n) is 13.8. The maximum absolute atomic E-state index is 12.7. The Morgan fingerprint density at radius 1 is 1.24 bits per heavy atom. The minimum Gasteiger partial charge on any atom is -0.450 e. The summed E-state index contributed by atoms with van der Waals surface area (Å²) in [4.78, 5) is 12.7. The average molecular weight is 527 g/mol. The van der Waals surface area contributed by atoms with Crippen LogP contribution in [-0.4, -0.2) is 73.6 Å². The van der Waals surface area contributed by atoms with Crippen LogP contribution in [0.2, 0.25) is 0 Å². The van der Waals surface area contributed by atoms with Gasteiger partial charge in [0.25, 0.3) is 0 Å². The Morgan fingerprint density at radius 3 is 2.87 bits per heavy atom. The molecule has 0 amide bonds. The van der Waals surface area contributed by atoms with Crippen molar-refractivity contribution < 1.29 is 33.6 Å². The van der Waals surface area contributed by atoms with Crippen molar-refractivity contribution in [1.82, 2.24) is 0 Å². The summed E-state index contributed by atoms with van der Waals surface area (Å²) in [5.41, 5.74) is 2.28. The maximum Gasteiger partial charge on any atom is 0.384 e. The molecule has 1 fully saturated rings. The standard InChI is InChI=1S/C31H42O7/c1-20-13-14-35-24(16-20)11-12-27(34-4)28-19-29-31(38-29)26(32)18-22(3)15-21(2)17-25-9-5-7-23(36-25)8-6-10-30(33)37-28/h5,7,11-13,21,23-29,31-32H,3,8-9,14-19H2,1-2,4H3/b12-11+/t21?,23-,24+,25-,26-,27-,28-,29-,31-/m0/s1. The quantitative estimate of drug-likeness (QED) is 0.193. The number of aliphatic hydroxyl groups excluding tert-OH is 1. The highest BCUT2D eigenvalue weighted by Crippen LogP contribution is 2.35. The zero-order chi connectivity index (χ0) is 27.1. The zero-order valence-electron chi connectivity index (χ0n) is 22.8. The fourth-order valence-electron chi connectivity index (χ4n) is 5.56. The number of hydrogen-bond donors (Lipinski definition) is 1. The summed E-state index contributed by atoms with van der Waals surface area (Å²) in [6.45, 7) is 9.07. The van der Waals surface area contributed by atoms with Crippen LogP contribution in [0.1, 0.15) is 58.8 Å². The molecule has 2 bridgehead atoms. The first-order chi connectivity index (χ1) is 18.3. The van der Waals surface area contributed by atoms with E-state index in [0.717, 1.165) is 31.3 Å². The molecule has 0 aromatic carbocycles. The highest BCUT2D eigenvalue weighted by molar-refractivity contribution is 5.88. The lowest BCUT2D eigenvalue weighted by molar-refractivity contribution is -0.147. The molecule has 0 radical (unpaired) electrons. The molecule has 7 heteroatoms. The predicted octanol–water partition coefficient (Wildman–Crippen LogP) is 4.21. The van der Waals surface area contributed by atoms with Crippen molar-refractivity contribution in [3.8, 4) is 11.8 Å². The molecule has 1 saturated heterocycles. The first-order valence-corrected chi connectivity index (χ1v) is 13.8. The van der Waals surface area contributed by atoms with Gasteiger partial charge in [0.2, 0.25) is 0 Å². The number of methoxy groups -OCH3 is 1. The Bertz CT molecular complexity index is 986. The van der Waals surface area contributed by atoms with Gasteiger partial charge < -0.3 is 28.8 Å². The van der Waals surface area contributed by atoms with E-state index >= 15 is 0 Å². The molecule has 9 atom stereocenters. The van der Waals surface area contributed by atoms with Gasteiger partial charge in [0.1, 0.15) is 18.3 Å². The van der Waals surface area contributed by atoms with E-state index in [-0.39, 0.29) is 30.5 Å².